The zero-order valence-electron chi connectivity index (χ0n) is 11.9. The van der Waals surface area contributed by atoms with Crippen LogP contribution in [0, 0.1) is 0 Å². The first-order chi connectivity index (χ1) is 8.24. The Bertz CT molecular complexity index is 370. The summed E-state index contributed by atoms with van der Waals surface area (Å²) in [5, 5.41) is 21.4. The van der Waals surface area contributed by atoms with Crippen molar-refractivity contribution in [1.29, 1.82) is 0 Å². The highest BCUT2D eigenvalue weighted by atomic mass is 32.2. The lowest BCUT2D eigenvalue weighted by Crippen LogP contribution is -2.39. The molecule has 0 spiro atoms. The molecule has 0 amide bonds. The Morgan fingerprint density at radius 2 is 2.06 bits per heavy atom. The summed E-state index contributed by atoms with van der Waals surface area (Å²) < 4.78 is 1.85. The van der Waals surface area contributed by atoms with E-state index in [2.05, 4.69) is 36.4 Å². The molecular weight excluding hydrogens is 248 g/mol. The van der Waals surface area contributed by atoms with Crippen LogP contribution in [0.25, 0.3) is 0 Å². The first kappa shape index (κ1) is 15.5. The van der Waals surface area contributed by atoms with Gasteiger partial charge in [-0.2, -0.15) is 11.8 Å². The van der Waals surface area contributed by atoms with Gasteiger partial charge in [-0.15, -0.1) is 5.10 Å². The second-order valence-electron chi connectivity index (χ2n) is 5.86. The summed E-state index contributed by atoms with van der Waals surface area (Å²) in [5.74, 6) is 0.717. The molecule has 18 heavy (non-hydrogen) atoms. The first-order valence-electron chi connectivity index (χ1n) is 6.08. The van der Waals surface area contributed by atoms with Gasteiger partial charge in [0.15, 0.2) is 0 Å². The fourth-order valence-electron chi connectivity index (χ4n) is 1.53. The number of rotatable bonds is 6. The van der Waals surface area contributed by atoms with Gasteiger partial charge in [0.2, 0.25) is 0 Å². The van der Waals surface area contributed by atoms with Gasteiger partial charge in [0.05, 0.1) is 23.0 Å². The van der Waals surface area contributed by atoms with Gasteiger partial charge in [0, 0.05) is 18.8 Å². The maximum Gasteiger partial charge on any atom is 0.0965 e. The fraction of sp³-hybridized carbons (Fsp3) is 0.833. The minimum atomic E-state index is -0.681. The molecule has 0 fully saturated rings. The Morgan fingerprint density at radius 1 is 1.39 bits per heavy atom. The van der Waals surface area contributed by atoms with Crippen molar-refractivity contribution in [3.05, 3.63) is 11.9 Å². The topological polar surface area (TPSA) is 63.0 Å². The van der Waals surface area contributed by atoms with E-state index in [9.17, 15) is 5.11 Å². The van der Waals surface area contributed by atoms with Crippen LogP contribution in [-0.4, -0.2) is 44.3 Å². The molecule has 0 bridgehead atoms. The quantitative estimate of drug-likeness (QED) is 0.816. The van der Waals surface area contributed by atoms with E-state index in [1.165, 1.54) is 0 Å². The van der Waals surface area contributed by atoms with Crippen LogP contribution < -0.4 is 5.32 Å². The van der Waals surface area contributed by atoms with Gasteiger partial charge in [-0.05, 0) is 34.0 Å². The van der Waals surface area contributed by atoms with Crippen molar-refractivity contribution >= 4 is 11.8 Å². The summed E-state index contributed by atoms with van der Waals surface area (Å²) in [4.78, 5) is 0. The summed E-state index contributed by atoms with van der Waals surface area (Å²) >= 11 is 1.64. The van der Waals surface area contributed by atoms with Crippen LogP contribution in [0.5, 0.6) is 0 Å². The highest BCUT2D eigenvalue weighted by Crippen LogP contribution is 2.12. The highest BCUT2D eigenvalue weighted by Gasteiger charge is 2.19. The average Bonchev–Trinajstić information content (AvgIpc) is 2.65. The minimum absolute atomic E-state index is 0.0460. The van der Waals surface area contributed by atoms with Crippen LogP contribution in [-0.2, 0) is 12.1 Å². The highest BCUT2D eigenvalue weighted by molar-refractivity contribution is 7.98. The summed E-state index contributed by atoms with van der Waals surface area (Å²) in [6, 6.07) is 0. The van der Waals surface area contributed by atoms with E-state index in [1.54, 1.807) is 11.8 Å². The molecule has 0 aliphatic carbocycles. The van der Waals surface area contributed by atoms with Crippen molar-refractivity contribution in [2.45, 2.75) is 45.4 Å². The molecule has 0 saturated heterocycles. The van der Waals surface area contributed by atoms with E-state index in [0.717, 1.165) is 5.69 Å². The number of nitrogens with zero attached hydrogens (tertiary/aromatic N) is 3. The molecule has 0 aliphatic rings. The molecule has 0 aromatic carbocycles. The minimum Gasteiger partial charge on any atom is -0.388 e. The van der Waals surface area contributed by atoms with Crippen molar-refractivity contribution in [3.8, 4) is 0 Å². The van der Waals surface area contributed by atoms with E-state index in [1.807, 2.05) is 24.1 Å². The van der Waals surface area contributed by atoms with Gasteiger partial charge >= 0.3 is 0 Å². The van der Waals surface area contributed by atoms with Gasteiger partial charge in [-0.3, -0.25) is 0 Å². The molecule has 104 valence electrons. The number of aliphatic hydroxyl groups is 1. The van der Waals surface area contributed by atoms with Crippen molar-refractivity contribution < 1.29 is 5.11 Å². The SMILES string of the molecule is CSCC(C)(O)CNCc1cn(C(C)(C)C)nn1. The molecule has 2 N–H and O–H groups in total. The number of nitrogens with one attached hydrogen (secondary N) is 1. The zero-order chi connectivity index (χ0) is 13.8. The lowest BCUT2D eigenvalue weighted by Gasteiger charge is -2.22. The Morgan fingerprint density at radius 3 is 2.56 bits per heavy atom. The Balaban J connectivity index is 2.43. The lowest BCUT2D eigenvalue weighted by atomic mass is 10.1. The van der Waals surface area contributed by atoms with Crippen LogP contribution >= 0.6 is 11.8 Å². The van der Waals surface area contributed by atoms with Crippen LogP contribution in [0.15, 0.2) is 6.20 Å². The average molecular weight is 272 g/mol. The summed E-state index contributed by atoms with van der Waals surface area (Å²) in [7, 11) is 0. The second-order valence-corrected chi connectivity index (χ2v) is 6.72. The predicted molar refractivity (Wildman–Crippen MR) is 75.7 cm³/mol. The van der Waals surface area contributed by atoms with E-state index in [0.29, 0.717) is 18.8 Å². The predicted octanol–water partition coefficient (Wildman–Crippen LogP) is 1.24. The molecule has 0 radical (unpaired) electrons. The second kappa shape index (κ2) is 6.04. The standard InChI is InChI=1S/C12H24N4OS/c1-11(2,3)16-7-10(14-15-16)6-13-8-12(4,17)9-18-5/h7,13,17H,6,8-9H2,1-5H3. The van der Waals surface area contributed by atoms with Gasteiger partial charge in [-0.25, -0.2) is 4.68 Å². The molecule has 0 saturated carbocycles. The number of hydrogen-bond donors (Lipinski definition) is 2. The molecule has 1 heterocycles. The summed E-state index contributed by atoms with van der Waals surface area (Å²) in [6.45, 7) is 9.27. The van der Waals surface area contributed by atoms with Gasteiger partial charge in [0.1, 0.15) is 0 Å². The Labute approximate surface area is 113 Å². The van der Waals surface area contributed by atoms with Crippen molar-refractivity contribution in [2.24, 2.45) is 0 Å². The fourth-order valence-corrected chi connectivity index (χ4v) is 2.25. The monoisotopic (exact) mass is 272 g/mol. The maximum absolute atomic E-state index is 10.0. The molecule has 1 unspecified atom stereocenters. The Kier molecular flexibility index (Phi) is 5.19. The molecule has 5 nitrogen and oxygen atoms in total. The number of thioether (sulfide) groups is 1. The van der Waals surface area contributed by atoms with Gasteiger partial charge in [-0.1, -0.05) is 5.21 Å². The van der Waals surface area contributed by atoms with E-state index in [-0.39, 0.29) is 5.54 Å². The molecule has 0 aliphatic heterocycles. The van der Waals surface area contributed by atoms with Crippen LogP contribution in [0.1, 0.15) is 33.4 Å². The third-order valence-corrected chi connectivity index (χ3v) is 3.41. The summed E-state index contributed by atoms with van der Waals surface area (Å²) in [6.07, 6.45) is 3.93. The zero-order valence-corrected chi connectivity index (χ0v) is 12.7. The van der Waals surface area contributed by atoms with E-state index < -0.39 is 5.60 Å². The smallest absolute Gasteiger partial charge is 0.0965 e. The van der Waals surface area contributed by atoms with Crippen molar-refractivity contribution in [2.75, 3.05) is 18.6 Å². The van der Waals surface area contributed by atoms with Crippen molar-refractivity contribution in [1.82, 2.24) is 20.3 Å². The van der Waals surface area contributed by atoms with Gasteiger partial charge in [0.25, 0.3) is 0 Å². The van der Waals surface area contributed by atoms with Crippen LogP contribution in [0.4, 0.5) is 0 Å². The van der Waals surface area contributed by atoms with Crippen LogP contribution in [0.2, 0.25) is 0 Å². The van der Waals surface area contributed by atoms with Crippen molar-refractivity contribution in [3.63, 3.8) is 0 Å². The molecule has 1 aromatic rings. The molecule has 1 rings (SSSR count). The number of aromatic nitrogens is 3. The molecule has 1 atom stereocenters. The lowest BCUT2D eigenvalue weighted by molar-refractivity contribution is 0.0845. The van der Waals surface area contributed by atoms with E-state index >= 15 is 0 Å². The number of hydrogen-bond acceptors (Lipinski definition) is 5. The molecule has 1 aromatic heterocycles. The third kappa shape index (κ3) is 4.96. The normalized spacial score (nSPS) is 15.7. The summed E-state index contributed by atoms with van der Waals surface area (Å²) in [5.41, 5.74) is 0.166. The largest absolute Gasteiger partial charge is 0.388 e. The molecular formula is C12H24N4OS. The van der Waals surface area contributed by atoms with Gasteiger partial charge < -0.3 is 10.4 Å². The third-order valence-electron chi connectivity index (χ3n) is 2.50. The van der Waals surface area contributed by atoms with Crippen LogP contribution in [0.3, 0.4) is 0 Å². The van der Waals surface area contributed by atoms with E-state index in [4.69, 9.17) is 0 Å². The Hall–Kier alpha value is -0.590. The first-order valence-corrected chi connectivity index (χ1v) is 7.48. The molecule has 6 heteroatoms. The maximum atomic E-state index is 10.0.